The minimum atomic E-state index is 0.720. The first-order chi connectivity index (χ1) is 13.3. The molecule has 0 saturated carbocycles. The number of hydrogen-bond donors (Lipinski definition) is 0. The summed E-state index contributed by atoms with van der Waals surface area (Å²) >= 11 is 3.43. The van der Waals surface area contributed by atoms with Crippen molar-refractivity contribution in [2.45, 2.75) is 10.6 Å². The van der Waals surface area contributed by atoms with Crippen molar-refractivity contribution < 1.29 is 9.47 Å². The Morgan fingerprint density at radius 3 is 2.59 bits per heavy atom. The average molecular weight is 394 g/mol. The summed E-state index contributed by atoms with van der Waals surface area (Å²) in [7, 11) is 3.31. The first-order valence-corrected chi connectivity index (χ1v) is 10.4. The molecule has 1 heterocycles. The van der Waals surface area contributed by atoms with Crippen molar-refractivity contribution in [3.63, 3.8) is 0 Å². The van der Waals surface area contributed by atoms with Crippen LogP contribution in [0.3, 0.4) is 0 Å². The summed E-state index contributed by atoms with van der Waals surface area (Å²) in [4.78, 5) is 6.06. The molecule has 0 bridgehead atoms. The molecule has 1 aromatic heterocycles. The SMILES string of the molecule is COc1cccc(-c2nc(CSc3ccc4ccccc4c3)cs2)c1OC. The van der Waals surface area contributed by atoms with Crippen LogP contribution in [0.15, 0.2) is 70.9 Å². The normalized spacial score (nSPS) is 10.9. The lowest BCUT2D eigenvalue weighted by Crippen LogP contribution is -1.93. The highest BCUT2D eigenvalue weighted by molar-refractivity contribution is 7.98. The van der Waals surface area contributed by atoms with Crippen molar-refractivity contribution in [1.82, 2.24) is 4.98 Å². The second-order valence-electron chi connectivity index (χ2n) is 5.98. The largest absolute Gasteiger partial charge is 0.493 e. The predicted molar refractivity (Wildman–Crippen MR) is 114 cm³/mol. The maximum Gasteiger partial charge on any atom is 0.170 e. The van der Waals surface area contributed by atoms with Gasteiger partial charge < -0.3 is 9.47 Å². The van der Waals surface area contributed by atoms with E-state index in [1.165, 1.54) is 15.7 Å². The molecule has 0 aliphatic rings. The number of rotatable bonds is 6. The van der Waals surface area contributed by atoms with E-state index in [4.69, 9.17) is 14.5 Å². The number of methoxy groups -OCH3 is 2. The number of thioether (sulfide) groups is 1. The molecule has 3 aromatic carbocycles. The van der Waals surface area contributed by atoms with Crippen LogP contribution < -0.4 is 9.47 Å². The Bertz CT molecular complexity index is 1070. The van der Waals surface area contributed by atoms with Gasteiger partial charge in [0.15, 0.2) is 11.5 Å². The maximum atomic E-state index is 5.54. The fourth-order valence-electron chi connectivity index (χ4n) is 2.97. The van der Waals surface area contributed by atoms with Gasteiger partial charge in [-0.25, -0.2) is 4.98 Å². The molecular weight excluding hydrogens is 374 g/mol. The van der Waals surface area contributed by atoms with Gasteiger partial charge in [-0.1, -0.05) is 36.4 Å². The summed E-state index contributed by atoms with van der Waals surface area (Å²) in [6.45, 7) is 0. The number of ether oxygens (including phenoxy) is 2. The Hall–Kier alpha value is -2.50. The lowest BCUT2D eigenvalue weighted by Gasteiger charge is -2.10. The Kier molecular flexibility index (Phi) is 5.32. The molecule has 0 atom stereocenters. The van der Waals surface area contributed by atoms with Gasteiger partial charge in [-0.05, 0) is 35.0 Å². The monoisotopic (exact) mass is 393 g/mol. The maximum absolute atomic E-state index is 5.54. The minimum absolute atomic E-state index is 0.720. The molecule has 0 radical (unpaired) electrons. The molecule has 136 valence electrons. The van der Waals surface area contributed by atoms with Crippen LogP contribution in [0.5, 0.6) is 11.5 Å². The summed E-state index contributed by atoms with van der Waals surface area (Å²) in [5.74, 6) is 2.28. The average Bonchev–Trinajstić information content (AvgIpc) is 3.20. The number of thiazole rings is 1. The molecule has 0 fully saturated rings. The molecule has 0 N–H and O–H groups in total. The molecule has 0 unspecified atom stereocenters. The zero-order chi connectivity index (χ0) is 18.6. The smallest absolute Gasteiger partial charge is 0.170 e. The van der Waals surface area contributed by atoms with E-state index in [0.717, 1.165) is 33.5 Å². The molecule has 3 nitrogen and oxygen atoms in total. The number of nitrogens with zero attached hydrogens (tertiary/aromatic N) is 1. The number of hydrogen-bond acceptors (Lipinski definition) is 5. The number of fused-ring (bicyclic) bond motifs is 1. The van der Waals surface area contributed by atoms with Crippen LogP contribution in [0.2, 0.25) is 0 Å². The van der Waals surface area contributed by atoms with Crippen LogP contribution in [0.1, 0.15) is 5.69 Å². The Balaban J connectivity index is 1.53. The van der Waals surface area contributed by atoms with E-state index in [-0.39, 0.29) is 0 Å². The molecule has 4 rings (SSSR count). The lowest BCUT2D eigenvalue weighted by atomic mass is 10.1. The standard InChI is InChI=1S/C22H19NO2S2/c1-24-20-9-5-8-19(21(20)25-2)22-23-17(14-27-22)13-26-18-11-10-15-6-3-4-7-16(15)12-18/h3-12,14H,13H2,1-2H3. The van der Waals surface area contributed by atoms with Gasteiger partial charge in [0.25, 0.3) is 0 Å². The van der Waals surface area contributed by atoms with E-state index in [9.17, 15) is 0 Å². The first kappa shape index (κ1) is 17.9. The van der Waals surface area contributed by atoms with E-state index in [1.54, 1.807) is 37.3 Å². The highest BCUT2D eigenvalue weighted by Crippen LogP contribution is 2.39. The topological polar surface area (TPSA) is 31.4 Å². The van der Waals surface area contributed by atoms with Crippen LogP contribution in [0.4, 0.5) is 0 Å². The third-order valence-electron chi connectivity index (χ3n) is 4.29. The molecule has 0 aliphatic heterocycles. The summed E-state index contributed by atoms with van der Waals surface area (Å²) in [5.41, 5.74) is 2.03. The van der Waals surface area contributed by atoms with Crippen molar-refractivity contribution >= 4 is 33.9 Å². The van der Waals surface area contributed by atoms with Crippen molar-refractivity contribution in [2.24, 2.45) is 0 Å². The van der Waals surface area contributed by atoms with Crippen molar-refractivity contribution in [1.29, 1.82) is 0 Å². The molecule has 0 spiro atoms. The van der Waals surface area contributed by atoms with Gasteiger partial charge in [-0.3, -0.25) is 0 Å². The third kappa shape index (κ3) is 3.80. The second-order valence-corrected chi connectivity index (χ2v) is 7.89. The minimum Gasteiger partial charge on any atom is -0.493 e. The zero-order valence-corrected chi connectivity index (χ0v) is 16.8. The van der Waals surface area contributed by atoms with Gasteiger partial charge in [0.2, 0.25) is 0 Å². The lowest BCUT2D eigenvalue weighted by molar-refractivity contribution is 0.356. The summed E-state index contributed by atoms with van der Waals surface area (Å²) in [6.07, 6.45) is 0. The highest BCUT2D eigenvalue weighted by atomic mass is 32.2. The molecule has 5 heteroatoms. The van der Waals surface area contributed by atoms with Gasteiger partial charge >= 0.3 is 0 Å². The van der Waals surface area contributed by atoms with E-state index in [2.05, 4.69) is 47.8 Å². The third-order valence-corrected chi connectivity index (χ3v) is 6.24. The van der Waals surface area contributed by atoms with Gasteiger partial charge in [0.1, 0.15) is 5.01 Å². The van der Waals surface area contributed by atoms with E-state index in [0.29, 0.717) is 0 Å². The highest BCUT2D eigenvalue weighted by Gasteiger charge is 2.14. The van der Waals surface area contributed by atoms with Crippen LogP contribution in [0.25, 0.3) is 21.3 Å². The van der Waals surface area contributed by atoms with E-state index < -0.39 is 0 Å². The molecular formula is C22H19NO2S2. The molecule has 0 amide bonds. The summed E-state index contributed by atoms with van der Waals surface area (Å²) < 4.78 is 10.9. The quantitative estimate of drug-likeness (QED) is 0.361. The van der Waals surface area contributed by atoms with E-state index in [1.807, 2.05) is 18.2 Å². The zero-order valence-electron chi connectivity index (χ0n) is 15.1. The van der Waals surface area contributed by atoms with Gasteiger partial charge in [-0.2, -0.15) is 0 Å². The van der Waals surface area contributed by atoms with Crippen molar-refractivity contribution in [3.8, 4) is 22.1 Å². The molecule has 0 saturated heterocycles. The van der Waals surface area contributed by atoms with Crippen molar-refractivity contribution in [2.75, 3.05) is 14.2 Å². The Morgan fingerprint density at radius 1 is 0.926 bits per heavy atom. The molecule has 27 heavy (non-hydrogen) atoms. The van der Waals surface area contributed by atoms with Gasteiger partial charge in [0, 0.05) is 16.0 Å². The summed E-state index contributed by atoms with van der Waals surface area (Å²) in [6, 6.07) is 20.9. The summed E-state index contributed by atoms with van der Waals surface area (Å²) in [5, 5.41) is 5.59. The predicted octanol–water partition coefficient (Wildman–Crippen LogP) is 6.27. The van der Waals surface area contributed by atoms with Crippen LogP contribution >= 0.6 is 23.1 Å². The Morgan fingerprint density at radius 2 is 1.78 bits per heavy atom. The molecule has 4 aromatic rings. The van der Waals surface area contributed by atoms with Crippen molar-refractivity contribution in [3.05, 3.63) is 71.7 Å². The fourth-order valence-corrected chi connectivity index (χ4v) is 4.75. The van der Waals surface area contributed by atoms with Crippen LogP contribution in [-0.2, 0) is 5.75 Å². The van der Waals surface area contributed by atoms with E-state index >= 15 is 0 Å². The van der Waals surface area contributed by atoms with Gasteiger partial charge in [0.05, 0.1) is 25.5 Å². The number of benzene rings is 3. The van der Waals surface area contributed by atoms with Crippen LogP contribution in [0, 0.1) is 0 Å². The van der Waals surface area contributed by atoms with Gasteiger partial charge in [-0.15, -0.1) is 23.1 Å². The number of para-hydroxylation sites is 1. The fraction of sp³-hybridized carbons (Fsp3) is 0.136. The Labute approximate surface area is 167 Å². The molecule has 0 aliphatic carbocycles. The first-order valence-electron chi connectivity index (χ1n) is 8.56. The van der Waals surface area contributed by atoms with Crippen LogP contribution in [-0.4, -0.2) is 19.2 Å². The second kappa shape index (κ2) is 8.03. The number of aromatic nitrogens is 1.